The molecule has 0 saturated heterocycles. The highest BCUT2D eigenvalue weighted by Crippen LogP contribution is 2.34. The Kier molecular flexibility index (Phi) is 12.0. The normalized spacial score (nSPS) is 16.9. The Morgan fingerprint density at radius 3 is 1.49 bits per heavy atom. The van der Waals surface area contributed by atoms with E-state index in [1.807, 2.05) is 36.4 Å². The van der Waals surface area contributed by atoms with E-state index in [9.17, 15) is 19.6 Å². The van der Waals surface area contributed by atoms with Crippen LogP contribution in [0.2, 0.25) is 0 Å². The van der Waals surface area contributed by atoms with Gasteiger partial charge < -0.3 is 15.5 Å². The number of carbonyl (C=O) groups excluding carboxylic acids is 3. The molecule has 55 heavy (non-hydrogen) atoms. The molecule has 11 heteroatoms. The third kappa shape index (κ3) is 9.91. The molecule has 1 amide bonds. The number of azo groups is 2. The summed E-state index contributed by atoms with van der Waals surface area (Å²) < 4.78 is 0. The number of nitrogens with zero attached hydrogens (tertiary/aromatic N) is 6. The van der Waals surface area contributed by atoms with E-state index in [0.29, 0.717) is 33.9 Å². The van der Waals surface area contributed by atoms with E-state index in [4.69, 9.17) is 0 Å². The van der Waals surface area contributed by atoms with Crippen molar-refractivity contribution in [1.29, 1.82) is 5.26 Å². The van der Waals surface area contributed by atoms with E-state index in [-0.39, 0.29) is 39.9 Å². The predicted molar refractivity (Wildman–Crippen MR) is 215 cm³/mol. The minimum atomic E-state index is -0.232. The zero-order chi connectivity index (χ0) is 39.9. The third-order valence-electron chi connectivity index (χ3n) is 9.03. The zero-order valence-electron chi connectivity index (χ0n) is 32.6. The molecule has 2 N–H and O–H groups in total. The molecule has 2 heterocycles. The van der Waals surface area contributed by atoms with Gasteiger partial charge in [-0.1, -0.05) is 48.5 Å². The molecule has 0 aliphatic carbocycles. The number of likely N-dealkylation sites (N-methyl/N-ethyl adjacent to an activating group) is 1. The zero-order valence-corrected chi connectivity index (χ0v) is 32.6. The van der Waals surface area contributed by atoms with Gasteiger partial charge >= 0.3 is 0 Å². The van der Waals surface area contributed by atoms with Gasteiger partial charge in [0, 0.05) is 47.4 Å². The van der Waals surface area contributed by atoms with Crippen LogP contribution in [0.3, 0.4) is 0 Å². The molecule has 11 nitrogen and oxygen atoms in total. The number of allylic oxidation sites excluding steroid dienone is 1. The van der Waals surface area contributed by atoms with Crippen LogP contribution in [-0.2, 0) is 17.6 Å². The fourth-order valence-corrected chi connectivity index (χ4v) is 6.34. The minimum absolute atomic E-state index is 0.00133. The third-order valence-corrected chi connectivity index (χ3v) is 9.03. The number of nitrogens with one attached hydrogen (secondary N) is 2. The van der Waals surface area contributed by atoms with Crippen molar-refractivity contribution < 1.29 is 14.4 Å². The smallest absolute Gasteiger partial charge is 0.276 e. The molecule has 280 valence electrons. The summed E-state index contributed by atoms with van der Waals surface area (Å²) in [6, 6.07) is 31.9. The van der Waals surface area contributed by atoms with Crippen LogP contribution in [0.4, 0.5) is 11.4 Å². The predicted octanol–water partition coefficient (Wildman–Crippen LogP) is 9.14. The van der Waals surface area contributed by atoms with E-state index < -0.39 is 0 Å². The number of Topliss-reactive ketones (excluding diaryl/α,β-unsaturated/α-hetero) is 2. The van der Waals surface area contributed by atoms with Gasteiger partial charge in [0.1, 0.15) is 6.07 Å². The SMILES string of the molecule is CC(=O)c1ccc(N=NC(C#N)=C2NC(C)(C)Cc3ccccc32)cc1.CC(=O)c1ccc(N=NC(C(=O)N(C)C)=C2NC(C)(C)Cc3ccccc32)cc1. The van der Waals surface area contributed by atoms with Crippen LogP contribution in [0.5, 0.6) is 0 Å². The number of amides is 1. The number of fused-ring (bicyclic) bond motifs is 2. The van der Waals surface area contributed by atoms with Gasteiger partial charge in [0.05, 0.1) is 22.8 Å². The van der Waals surface area contributed by atoms with Crippen molar-refractivity contribution in [2.24, 2.45) is 20.5 Å². The molecule has 0 atom stereocenters. The fourth-order valence-electron chi connectivity index (χ4n) is 6.34. The first-order valence-corrected chi connectivity index (χ1v) is 18.0. The van der Waals surface area contributed by atoms with Crippen LogP contribution >= 0.6 is 0 Å². The number of carbonyl (C=O) groups is 3. The van der Waals surface area contributed by atoms with Crippen molar-refractivity contribution in [1.82, 2.24) is 15.5 Å². The van der Waals surface area contributed by atoms with Gasteiger partial charge in [0.25, 0.3) is 5.91 Å². The summed E-state index contributed by atoms with van der Waals surface area (Å²) in [5, 5.41) is 33.5. The van der Waals surface area contributed by atoms with E-state index >= 15 is 0 Å². The maximum Gasteiger partial charge on any atom is 0.276 e. The first-order chi connectivity index (χ1) is 26.1. The summed E-state index contributed by atoms with van der Waals surface area (Å²) in [7, 11) is 3.39. The summed E-state index contributed by atoms with van der Waals surface area (Å²) >= 11 is 0. The molecule has 0 aromatic heterocycles. The van der Waals surface area contributed by atoms with Crippen molar-refractivity contribution in [3.63, 3.8) is 0 Å². The van der Waals surface area contributed by atoms with Crippen LogP contribution in [0.15, 0.2) is 129 Å². The molecule has 6 rings (SSSR count). The molecule has 0 bridgehead atoms. The van der Waals surface area contributed by atoms with E-state index in [0.717, 1.165) is 29.5 Å². The van der Waals surface area contributed by atoms with Crippen LogP contribution in [0.1, 0.15) is 84.5 Å². The summed E-state index contributed by atoms with van der Waals surface area (Å²) in [6.45, 7) is 11.4. The number of hydrogen-bond acceptors (Lipinski definition) is 10. The molecule has 2 aliphatic rings. The van der Waals surface area contributed by atoms with Crippen molar-refractivity contribution >= 4 is 40.2 Å². The number of rotatable bonds is 7. The number of benzene rings is 4. The average Bonchev–Trinajstić information content (AvgIpc) is 3.14. The quantitative estimate of drug-likeness (QED) is 0.0836. The fraction of sp³-hybridized carbons (Fsp3) is 0.273. The summed E-state index contributed by atoms with van der Waals surface area (Å²) in [5.41, 5.74) is 8.15. The minimum Gasteiger partial charge on any atom is -0.377 e. The lowest BCUT2D eigenvalue weighted by atomic mass is 9.85. The van der Waals surface area contributed by atoms with Gasteiger partial charge in [-0.15, -0.1) is 15.3 Å². The van der Waals surface area contributed by atoms with Crippen molar-refractivity contribution in [3.05, 3.63) is 142 Å². The summed E-state index contributed by atoms with van der Waals surface area (Å²) in [5.74, 6) is -0.244. The monoisotopic (exact) mass is 734 g/mol. The van der Waals surface area contributed by atoms with E-state index in [1.54, 1.807) is 62.6 Å². The van der Waals surface area contributed by atoms with Crippen LogP contribution in [0.25, 0.3) is 11.4 Å². The van der Waals surface area contributed by atoms with Gasteiger partial charge in [-0.2, -0.15) is 10.4 Å². The van der Waals surface area contributed by atoms with Crippen LogP contribution < -0.4 is 10.6 Å². The Labute approximate surface area is 322 Å². The lowest BCUT2D eigenvalue weighted by Gasteiger charge is -2.36. The van der Waals surface area contributed by atoms with E-state index in [2.05, 4.69) is 77.0 Å². The van der Waals surface area contributed by atoms with Gasteiger partial charge in [0.15, 0.2) is 23.0 Å². The van der Waals surface area contributed by atoms with Gasteiger partial charge in [-0.25, -0.2) is 0 Å². The average molecular weight is 735 g/mol. The number of hydrogen-bond donors (Lipinski definition) is 2. The lowest BCUT2D eigenvalue weighted by Crippen LogP contribution is -2.44. The Hall–Kier alpha value is -6.54. The maximum atomic E-state index is 13.0. The lowest BCUT2D eigenvalue weighted by molar-refractivity contribution is -0.124. The second-order valence-corrected chi connectivity index (χ2v) is 15.1. The maximum absolute atomic E-state index is 13.0. The largest absolute Gasteiger partial charge is 0.377 e. The number of nitriles is 1. The molecule has 0 fully saturated rings. The topological polar surface area (TPSA) is 152 Å². The van der Waals surface area contributed by atoms with Crippen molar-refractivity contribution in [3.8, 4) is 6.07 Å². The molecule has 0 radical (unpaired) electrons. The number of ketones is 2. The van der Waals surface area contributed by atoms with Gasteiger partial charge in [-0.3, -0.25) is 14.4 Å². The molecule has 4 aromatic rings. The van der Waals surface area contributed by atoms with Gasteiger partial charge in [0.2, 0.25) is 0 Å². The first-order valence-electron chi connectivity index (χ1n) is 18.0. The van der Waals surface area contributed by atoms with Crippen LogP contribution in [-0.4, -0.2) is 47.5 Å². The second-order valence-electron chi connectivity index (χ2n) is 15.1. The Morgan fingerprint density at radius 2 is 1.05 bits per heavy atom. The van der Waals surface area contributed by atoms with Crippen molar-refractivity contribution in [2.45, 2.75) is 65.5 Å². The molecular formula is C44H46N8O3. The molecule has 0 unspecified atom stereocenters. The van der Waals surface area contributed by atoms with Gasteiger partial charge in [-0.05, 0) is 114 Å². The van der Waals surface area contributed by atoms with Crippen LogP contribution in [0, 0.1) is 11.3 Å². The summed E-state index contributed by atoms with van der Waals surface area (Å²) in [4.78, 5) is 37.2. The highest BCUT2D eigenvalue weighted by Gasteiger charge is 2.32. The second kappa shape index (κ2) is 16.6. The molecule has 0 saturated carbocycles. The Bertz CT molecular complexity index is 2270. The molecular weight excluding hydrogens is 689 g/mol. The first kappa shape index (κ1) is 39.7. The Balaban J connectivity index is 0.000000212. The highest BCUT2D eigenvalue weighted by atomic mass is 16.2. The Morgan fingerprint density at radius 1 is 0.636 bits per heavy atom. The van der Waals surface area contributed by atoms with E-state index in [1.165, 1.54) is 24.3 Å². The van der Waals surface area contributed by atoms with Crippen molar-refractivity contribution in [2.75, 3.05) is 14.1 Å². The summed E-state index contributed by atoms with van der Waals surface area (Å²) in [6.07, 6.45) is 1.72. The standard InChI is InChI=1S/C23H26N4O2.C21H20N4O/c1-15(28)16-10-12-18(13-11-16)25-26-21(22(29)27(4)5)20-19-9-7-6-8-17(19)14-23(2,3)24-20;1-14(26)15-8-10-17(11-9-15)24-25-19(13-22)20-18-7-5-4-6-16(18)12-21(2,3)23-20/h6-13,24H,14H2,1-5H3;4-11,23H,12H2,1-3H3. The molecule has 4 aromatic carbocycles. The molecule has 2 aliphatic heterocycles. The molecule has 0 spiro atoms. The highest BCUT2D eigenvalue weighted by molar-refractivity contribution is 6.01.